The van der Waals surface area contributed by atoms with E-state index in [4.69, 9.17) is 20.0 Å². The van der Waals surface area contributed by atoms with Gasteiger partial charge in [0, 0.05) is 0 Å². The summed E-state index contributed by atoms with van der Waals surface area (Å²) in [7, 11) is -5.15. The van der Waals surface area contributed by atoms with Gasteiger partial charge in [0.1, 0.15) is 0 Å². The quantitative estimate of drug-likeness (QED) is 0.238. The van der Waals surface area contributed by atoms with Crippen LogP contribution in [-0.4, -0.2) is 61.2 Å². The Kier molecular flexibility index (Phi) is 6.95. The molecule has 0 bridgehead atoms. The Morgan fingerprint density at radius 2 is 1.57 bits per heavy atom. The largest absolute Gasteiger partial charge is 0.526 e. The molecular weight excluding hydrogens is 319 g/mol. The third-order valence-electron chi connectivity index (χ3n) is 1.75. The van der Waals surface area contributed by atoms with E-state index in [-0.39, 0.29) is 0 Å². The zero-order valence-corrected chi connectivity index (χ0v) is 11.0. The Labute approximate surface area is 116 Å². The summed E-state index contributed by atoms with van der Waals surface area (Å²) in [5.41, 5.74) is 0. The van der Waals surface area contributed by atoms with Gasteiger partial charge < -0.3 is 24.6 Å². The Morgan fingerprint density at radius 3 is 1.95 bits per heavy atom. The maximum absolute atomic E-state index is 11.2. The first-order valence-electron chi connectivity index (χ1n) is 5.03. The molecule has 5 N–H and O–H groups in total. The highest BCUT2D eigenvalue weighted by Crippen LogP contribution is 2.36. The van der Waals surface area contributed by atoms with Crippen LogP contribution in [0.4, 0.5) is 0 Å². The third-order valence-corrected chi connectivity index (χ3v) is 2.19. The molecule has 0 spiro atoms. The first-order valence-corrected chi connectivity index (χ1v) is 6.56. The van der Waals surface area contributed by atoms with Gasteiger partial charge in [-0.3, -0.25) is 19.4 Å². The van der Waals surface area contributed by atoms with Crippen LogP contribution in [-0.2, 0) is 33.0 Å². The van der Waals surface area contributed by atoms with Crippen LogP contribution in [0.1, 0.15) is 12.8 Å². The number of carboxylic acids is 2. The molecular formula is C8H11O12P. The summed E-state index contributed by atoms with van der Waals surface area (Å²) < 4.78 is 18.0. The molecule has 0 radical (unpaired) electrons. The van der Waals surface area contributed by atoms with Gasteiger partial charge in [-0.25, -0.2) is 14.2 Å². The topological polar surface area (TPSA) is 205 Å². The summed E-state index contributed by atoms with van der Waals surface area (Å²) in [4.78, 5) is 59.6. The van der Waals surface area contributed by atoms with E-state index < -0.39 is 56.7 Å². The lowest BCUT2D eigenvalue weighted by molar-refractivity contribution is -0.174. The van der Waals surface area contributed by atoms with Gasteiger partial charge in [0.15, 0.2) is 6.10 Å². The van der Waals surface area contributed by atoms with E-state index in [1.807, 2.05) is 0 Å². The number of aliphatic carboxylic acids is 2. The SMILES string of the molecule is O=C(O)CC(OC(=O)C(O)CC(=O)OP(=O)(O)O)C(=O)O. The van der Waals surface area contributed by atoms with E-state index in [0.29, 0.717) is 0 Å². The molecule has 0 saturated heterocycles. The number of aliphatic hydroxyl groups excluding tert-OH is 1. The average molecular weight is 330 g/mol. The number of carboxylic acid groups (broad SMARTS) is 2. The van der Waals surface area contributed by atoms with Crippen molar-refractivity contribution >= 4 is 31.7 Å². The normalized spacial score (nSPS) is 13.9. The van der Waals surface area contributed by atoms with Gasteiger partial charge in [-0.05, 0) is 0 Å². The van der Waals surface area contributed by atoms with Crippen molar-refractivity contribution in [3.63, 3.8) is 0 Å². The standard InChI is InChI=1S/C8H11O12P/c9-3(1-6(12)20-21(16,17)18)8(15)19-4(7(13)14)2-5(10)11/h3-4,9H,1-2H2,(H,10,11)(H,13,14)(H2,16,17,18). The van der Waals surface area contributed by atoms with Crippen LogP contribution in [0, 0.1) is 0 Å². The first-order chi connectivity index (χ1) is 9.42. The lowest BCUT2D eigenvalue weighted by Crippen LogP contribution is -2.35. The van der Waals surface area contributed by atoms with E-state index in [9.17, 15) is 28.8 Å². The molecule has 0 aliphatic heterocycles. The van der Waals surface area contributed by atoms with Crippen molar-refractivity contribution in [2.75, 3.05) is 0 Å². The van der Waals surface area contributed by atoms with Gasteiger partial charge in [-0.1, -0.05) is 0 Å². The second-order valence-electron chi connectivity index (χ2n) is 3.54. The number of hydrogen-bond donors (Lipinski definition) is 5. The van der Waals surface area contributed by atoms with Crippen LogP contribution < -0.4 is 0 Å². The van der Waals surface area contributed by atoms with Crippen LogP contribution in [0.25, 0.3) is 0 Å². The number of rotatable bonds is 8. The van der Waals surface area contributed by atoms with Crippen molar-refractivity contribution < 1.29 is 58.1 Å². The molecule has 0 aromatic carbocycles. The third kappa shape index (κ3) is 8.70. The molecule has 120 valence electrons. The molecule has 0 aromatic heterocycles. The van der Waals surface area contributed by atoms with E-state index in [2.05, 4.69) is 9.26 Å². The second-order valence-corrected chi connectivity index (χ2v) is 4.70. The predicted molar refractivity (Wildman–Crippen MR) is 58.5 cm³/mol. The van der Waals surface area contributed by atoms with Gasteiger partial charge in [0.25, 0.3) is 0 Å². The summed E-state index contributed by atoms with van der Waals surface area (Å²) in [6.45, 7) is 0. The van der Waals surface area contributed by atoms with Gasteiger partial charge in [-0.15, -0.1) is 0 Å². The molecule has 0 heterocycles. The summed E-state index contributed by atoms with van der Waals surface area (Å²) in [5, 5.41) is 26.1. The lowest BCUT2D eigenvalue weighted by atomic mass is 10.2. The highest BCUT2D eigenvalue weighted by atomic mass is 31.2. The minimum atomic E-state index is -5.15. The molecule has 0 saturated carbocycles. The van der Waals surface area contributed by atoms with Gasteiger partial charge >= 0.3 is 31.7 Å². The fourth-order valence-corrected chi connectivity index (χ4v) is 1.31. The second kappa shape index (κ2) is 7.69. The number of hydrogen-bond acceptors (Lipinski definition) is 8. The van der Waals surface area contributed by atoms with Crippen molar-refractivity contribution in [1.82, 2.24) is 0 Å². The van der Waals surface area contributed by atoms with Crippen molar-refractivity contribution in [3.8, 4) is 0 Å². The average Bonchev–Trinajstić information content (AvgIpc) is 2.24. The summed E-state index contributed by atoms with van der Waals surface area (Å²) in [6.07, 6.45) is -6.67. The summed E-state index contributed by atoms with van der Waals surface area (Å²) in [6, 6.07) is 0. The number of ether oxygens (including phenoxy) is 1. The number of esters is 1. The number of phosphoric ester groups is 1. The number of carbonyl (C=O) groups excluding carboxylic acids is 2. The maximum Gasteiger partial charge on any atom is 0.526 e. The molecule has 0 aliphatic rings. The molecule has 0 aliphatic carbocycles. The molecule has 12 nitrogen and oxygen atoms in total. The molecule has 0 rings (SSSR count). The van der Waals surface area contributed by atoms with Crippen molar-refractivity contribution in [2.45, 2.75) is 25.0 Å². The summed E-state index contributed by atoms with van der Waals surface area (Å²) in [5.74, 6) is -6.69. The van der Waals surface area contributed by atoms with Gasteiger partial charge in [0.05, 0.1) is 12.8 Å². The maximum atomic E-state index is 11.2. The zero-order chi connectivity index (χ0) is 16.8. The predicted octanol–water partition coefficient (Wildman–Crippen LogP) is -2.16. The Balaban J connectivity index is 4.56. The fourth-order valence-electron chi connectivity index (χ4n) is 0.968. The van der Waals surface area contributed by atoms with E-state index in [1.165, 1.54) is 0 Å². The number of carbonyl (C=O) groups is 4. The minimum Gasteiger partial charge on any atom is -0.481 e. The van der Waals surface area contributed by atoms with Crippen LogP contribution in [0.5, 0.6) is 0 Å². The summed E-state index contributed by atoms with van der Waals surface area (Å²) >= 11 is 0. The highest BCUT2D eigenvalue weighted by molar-refractivity contribution is 7.46. The molecule has 0 amide bonds. The zero-order valence-electron chi connectivity index (χ0n) is 10.1. The van der Waals surface area contributed by atoms with E-state index in [0.717, 1.165) is 0 Å². The van der Waals surface area contributed by atoms with Gasteiger partial charge in [0.2, 0.25) is 6.10 Å². The van der Waals surface area contributed by atoms with Crippen LogP contribution >= 0.6 is 7.82 Å². The van der Waals surface area contributed by atoms with E-state index in [1.54, 1.807) is 0 Å². The minimum absolute atomic E-state index is 1.08. The Bertz CT molecular complexity index is 478. The smallest absolute Gasteiger partial charge is 0.481 e. The highest BCUT2D eigenvalue weighted by Gasteiger charge is 2.31. The van der Waals surface area contributed by atoms with Crippen LogP contribution in [0.15, 0.2) is 0 Å². The molecule has 2 atom stereocenters. The Hall–Kier alpha value is -2.01. The lowest BCUT2D eigenvalue weighted by Gasteiger charge is -2.14. The number of phosphoric acid groups is 1. The van der Waals surface area contributed by atoms with E-state index >= 15 is 0 Å². The molecule has 0 fully saturated rings. The number of aliphatic hydroxyl groups is 1. The first kappa shape index (κ1) is 19.0. The van der Waals surface area contributed by atoms with Crippen LogP contribution in [0.2, 0.25) is 0 Å². The molecule has 13 heteroatoms. The van der Waals surface area contributed by atoms with Crippen LogP contribution in [0.3, 0.4) is 0 Å². The van der Waals surface area contributed by atoms with Crippen molar-refractivity contribution in [2.24, 2.45) is 0 Å². The van der Waals surface area contributed by atoms with Crippen molar-refractivity contribution in [3.05, 3.63) is 0 Å². The fraction of sp³-hybridized carbons (Fsp3) is 0.500. The molecule has 2 unspecified atom stereocenters. The van der Waals surface area contributed by atoms with Gasteiger partial charge in [-0.2, -0.15) is 0 Å². The monoisotopic (exact) mass is 330 g/mol. The molecule has 21 heavy (non-hydrogen) atoms. The Morgan fingerprint density at radius 1 is 1.05 bits per heavy atom. The van der Waals surface area contributed by atoms with Crippen molar-refractivity contribution in [1.29, 1.82) is 0 Å². The molecule has 0 aromatic rings.